The number of rotatable bonds is 7. The third-order valence-corrected chi connectivity index (χ3v) is 1.94. The van der Waals surface area contributed by atoms with Crippen LogP contribution in [0, 0.1) is 0 Å². The van der Waals surface area contributed by atoms with E-state index in [1.54, 1.807) is 0 Å². The molecule has 0 atom stereocenters. The Bertz CT molecular complexity index is 191. The van der Waals surface area contributed by atoms with Crippen molar-refractivity contribution in [3.05, 3.63) is 0 Å². The Morgan fingerprint density at radius 1 is 1.15 bits per heavy atom. The van der Waals surface area contributed by atoms with Gasteiger partial charge in [-0.25, -0.2) is 4.18 Å². The van der Waals surface area contributed by atoms with E-state index in [0.29, 0.717) is 6.42 Å². The zero-order valence-electron chi connectivity index (χ0n) is 7.32. The van der Waals surface area contributed by atoms with Crippen LogP contribution >= 0.6 is 0 Å². The van der Waals surface area contributed by atoms with Gasteiger partial charge in [0.05, 0.1) is 6.61 Å². The van der Waals surface area contributed by atoms with Gasteiger partial charge in [-0.05, 0) is 6.42 Å². The van der Waals surface area contributed by atoms with E-state index in [2.05, 4.69) is 11.1 Å². The van der Waals surface area contributed by atoms with Gasteiger partial charge >= 0.3 is 48.1 Å². The molecule has 0 aromatic carbocycles. The Kier molecular flexibility index (Phi) is 12.3. The molecule has 1 N–H and O–H groups in total. The van der Waals surface area contributed by atoms with Crippen LogP contribution in [0.4, 0.5) is 0 Å². The third kappa shape index (κ3) is 15.9. The molecule has 0 radical (unpaired) electrons. The molecule has 0 heterocycles. The summed E-state index contributed by atoms with van der Waals surface area (Å²) in [6.07, 6.45) is 5.03. The van der Waals surface area contributed by atoms with Crippen molar-refractivity contribution in [2.45, 2.75) is 39.0 Å². The predicted molar refractivity (Wildman–Crippen MR) is 54.8 cm³/mol. The van der Waals surface area contributed by atoms with Gasteiger partial charge in [0.25, 0.3) is 0 Å². The minimum atomic E-state index is -4.22. The molecule has 0 fully saturated rings. The minimum absolute atomic E-state index is 0. The molecule has 0 saturated carbocycles. The summed E-state index contributed by atoms with van der Waals surface area (Å²) in [6, 6.07) is 0. The Balaban J connectivity index is 0. The summed E-state index contributed by atoms with van der Waals surface area (Å²) in [5.74, 6) is 0. The second kappa shape index (κ2) is 9.68. The van der Waals surface area contributed by atoms with Crippen molar-refractivity contribution < 1.29 is 17.2 Å². The summed E-state index contributed by atoms with van der Waals surface area (Å²) < 4.78 is 32.4. The Morgan fingerprint density at radius 2 is 1.69 bits per heavy atom. The van der Waals surface area contributed by atoms with Gasteiger partial charge in [-0.15, -0.1) is 0 Å². The van der Waals surface area contributed by atoms with Crippen molar-refractivity contribution in [2.75, 3.05) is 6.61 Å². The van der Waals surface area contributed by atoms with Crippen molar-refractivity contribution in [1.29, 1.82) is 0 Å². The normalized spacial score (nSPS) is 10.9. The standard InChI is InChI=1S/C7H16O4S.Ca.2H/c1-2-3-4-5-6-7-11-12(8,9)10;;;/h2-7H2,1H3,(H,8,9,10);;;. The van der Waals surface area contributed by atoms with Crippen LogP contribution in [0.5, 0.6) is 0 Å². The van der Waals surface area contributed by atoms with Gasteiger partial charge in [0.2, 0.25) is 0 Å². The average Bonchev–Trinajstić information content (AvgIpc) is 1.94. The van der Waals surface area contributed by atoms with E-state index in [1.165, 1.54) is 0 Å². The van der Waals surface area contributed by atoms with Crippen molar-refractivity contribution in [2.24, 2.45) is 0 Å². The van der Waals surface area contributed by atoms with Gasteiger partial charge in [0.15, 0.2) is 0 Å². The SMILES string of the molecule is CCCCCCCOS(=O)(=O)O.[CaH2]. The first kappa shape index (κ1) is 16.6. The van der Waals surface area contributed by atoms with Crippen LogP contribution in [-0.4, -0.2) is 57.3 Å². The zero-order valence-corrected chi connectivity index (χ0v) is 8.14. The Hall–Kier alpha value is 1.13. The van der Waals surface area contributed by atoms with E-state index in [1.807, 2.05) is 0 Å². The van der Waals surface area contributed by atoms with Crippen LogP contribution in [0.15, 0.2) is 0 Å². The molecule has 13 heavy (non-hydrogen) atoms. The summed E-state index contributed by atoms with van der Waals surface area (Å²) in [6.45, 7) is 2.19. The van der Waals surface area contributed by atoms with Crippen LogP contribution in [0.2, 0.25) is 0 Å². The van der Waals surface area contributed by atoms with Crippen molar-refractivity contribution in [1.82, 2.24) is 0 Å². The molecule has 0 rings (SSSR count). The Morgan fingerprint density at radius 3 is 2.15 bits per heavy atom. The molecular weight excluding hydrogens is 220 g/mol. The summed E-state index contributed by atoms with van der Waals surface area (Å²) in [5.41, 5.74) is 0. The third-order valence-electron chi connectivity index (χ3n) is 1.48. The first-order chi connectivity index (χ1) is 5.56. The molecule has 0 aliphatic heterocycles. The van der Waals surface area contributed by atoms with Crippen LogP contribution in [0.25, 0.3) is 0 Å². The first-order valence-corrected chi connectivity index (χ1v) is 5.54. The van der Waals surface area contributed by atoms with Crippen molar-refractivity contribution in [3.63, 3.8) is 0 Å². The maximum atomic E-state index is 10.1. The fraction of sp³-hybridized carbons (Fsp3) is 1.00. The number of hydrogen-bond donors (Lipinski definition) is 1. The predicted octanol–water partition coefficient (Wildman–Crippen LogP) is 0.860. The molecule has 0 spiro atoms. The summed E-state index contributed by atoms with van der Waals surface area (Å²) >= 11 is 0. The Labute approximate surface area is 110 Å². The van der Waals surface area contributed by atoms with Gasteiger partial charge in [-0.3, -0.25) is 4.55 Å². The fourth-order valence-corrected chi connectivity index (χ4v) is 1.20. The van der Waals surface area contributed by atoms with Gasteiger partial charge in [-0.1, -0.05) is 32.6 Å². The first-order valence-electron chi connectivity index (χ1n) is 4.18. The average molecular weight is 238 g/mol. The van der Waals surface area contributed by atoms with E-state index in [0.717, 1.165) is 25.7 Å². The van der Waals surface area contributed by atoms with Gasteiger partial charge in [0, 0.05) is 0 Å². The molecule has 0 amide bonds. The molecule has 0 aromatic rings. The van der Waals surface area contributed by atoms with Crippen molar-refractivity contribution in [3.8, 4) is 0 Å². The molecule has 0 aliphatic rings. The van der Waals surface area contributed by atoms with Crippen LogP contribution in [0.3, 0.4) is 0 Å². The summed E-state index contributed by atoms with van der Waals surface area (Å²) in [7, 11) is -4.22. The molecule has 0 aliphatic carbocycles. The fourth-order valence-electron chi connectivity index (χ4n) is 0.870. The van der Waals surface area contributed by atoms with E-state index >= 15 is 0 Å². The maximum absolute atomic E-state index is 10.1. The zero-order chi connectivity index (χ0) is 9.45. The summed E-state index contributed by atoms with van der Waals surface area (Å²) in [4.78, 5) is 0. The number of unbranched alkanes of at least 4 members (excludes halogenated alkanes) is 4. The monoisotopic (exact) mass is 238 g/mol. The second-order valence-electron chi connectivity index (χ2n) is 2.66. The van der Waals surface area contributed by atoms with Crippen molar-refractivity contribution >= 4 is 48.1 Å². The van der Waals surface area contributed by atoms with Gasteiger partial charge < -0.3 is 0 Å². The molecule has 0 bridgehead atoms. The molecule has 0 saturated heterocycles. The number of hydrogen-bond acceptors (Lipinski definition) is 3. The molecule has 0 aromatic heterocycles. The topological polar surface area (TPSA) is 63.6 Å². The molecule has 0 unspecified atom stereocenters. The summed E-state index contributed by atoms with van der Waals surface area (Å²) in [5, 5.41) is 0. The van der Waals surface area contributed by atoms with Gasteiger partial charge in [0.1, 0.15) is 0 Å². The molecule has 6 heteroatoms. The van der Waals surface area contributed by atoms with Crippen LogP contribution in [-0.2, 0) is 14.6 Å². The van der Waals surface area contributed by atoms with E-state index in [9.17, 15) is 8.42 Å². The van der Waals surface area contributed by atoms with E-state index in [4.69, 9.17) is 4.55 Å². The van der Waals surface area contributed by atoms with Gasteiger partial charge in [-0.2, -0.15) is 8.42 Å². The van der Waals surface area contributed by atoms with E-state index < -0.39 is 10.4 Å². The van der Waals surface area contributed by atoms with Crippen LogP contribution in [0.1, 0.15) is 39.0 Å². The molecular formula is C7H18CaO4S. The van der Waals surface area contributed by atoms with E-state index in [-0.39, 0.29) is 44.3 Å². The van der Waals surface area contributed by atoms with Crippen LogP contribution < -0.4 is 0 Å². The quantitative estimate of drug-likeness (QED) is 0.406. The molecule has 78 valence electrons. The second-order valence-corrected chi connectivity index (χ2v) is 3.76. The molecule has 4 nitrogen and oxygen atoms in total.